The molecule has 0 unspecified atom stereocenters. The first-order chi connectivity index (χ1) is 15.5. The van der Waals surface area contributed by atoms with Crippen molar-refractivity contribution in [3.63, 3.8) is 0 Å². The predicted molar refractivity (Wildman–Crippen MR) is 122 cm³/mol. The molecule has 1 aliphatic rings. The number of fused-ring (bicyclic) bond motifs is 2. The standard InChI is InChI=1S/C25H24N2O5/c1-26-22(28)14-32-25(29)23-17-6-4-5-7-19(17)27-24-16(9-10-18(23)24)12-15-8-11-20(30-2)21(13-15)31-3/h4-8,11-13H,9-10,14H2,1-3H3,(H,26,28). The minimum Gasteiger partial charge on any atom is -0.493 e. The van der Waals surface area contributed by atoms with Gasteiger partial charge in [-0.15, -0.1) is 0 Å². The number of nitrogens with zero attached hydrogens (tertiary/aromatic N) is 1. The molecule has 1 aliphatic carbocycles. The lowest BCUT2D eigenvalue weighted by Crippen LogP contribution is -2.25. The molecule has 0 bridgehead atoms. The van der Waals surface area contributed by atoms with Crippen molar-refractivity contribution in [1.29, 1.82) is 0 Å². The predicted octanol–water partition coefficient (Wildman–Crippen LogP) is 3.64. The Bertz CT molecular complexity index is 1230. The Hall–Kier alpha value is -3.87. The van der Waals surface area contributed by atoms with Crippen LogP contribution in [0.25, 0.3) is 22.6 Å². The van der Waals surface area contributed by atoms with Gasteiger partial charge in [0.15, 0.2) is 18.1 Å². The van der Waals surface area contributed by atoms with Crippen LogP contribution in [0.4, 0.5) is 0 Å². The van der Waals surface area contributed by atoms with Gasteiger partial charge in [0.1, 0.15) is 0 Å². The van der Waals surface area contributed by atoms with Crippen LogP contribution in [0.3, 0.4) is 0 Å². The fraction of sp³-hybridized carbons (Fsp3) is 0.240. The number of carbonyl (C=O) groups excluding carboxylic acids is 2. The lowest BCUT2D eigenvalue weighted by atomic mass is 10.0. The summed E-state index contributed by atoms with van der Waals surface area (Å²) in [5.74, 6) is 0.426. The van der Waals surface area contributed by atoms with E-state index in [0.29, 0.717) is 29.0 Å². The van der Waals surface area contributed by atoms with Crippen molar-refractivity contribution >= 4 is 34.4 Å². The highest BCUT2D eigenvalue weighted by molar-refractivity contribution is 6.07. The van der Waals surface area contributed by atoms with Gasteiger partial charge in [-0.05, 0) is 53.8 Å². The van der Waals surface area contributed by atoms with Crippen molar-refractivity contribution in [2.45, 2.75) is 12.8 Å². The van der Waals surface area contributed by atoms with E-state index >= 15 is 0 Å². The Labute approximate surface area is 186 Å². The van der Waals surface area contributed by atoms with Crippen LogP contribution >= 0.6 is 0 Å². The van der Waals surface area contributed by atoms with Crippen LogP contribution in [0.5, 0.6) is 11.5 Å². The summed E-state index contributed by atoms with van der Waals surface area (Å²) in [5.41, 5.74) is 4.79. The Morgan fingerprint density at radius 1 is 1.06 bits per heavy atom. The third kappa shape index (κ3) is 4.01. The summed E-state index contributed by atoms with van der Waals surface area (Å²) in [6, 6.07) is 13.2. The maximum atomic E-state index is 13.0. The van der Waals surface area contributed by atoms with Crippen LogP contribution < -0.4 is 14.8 Å². The second kappa shape index (κ2) is 9.09. The Balaban J connectivity index is 1.78. The van der Waals surface area contributed by atoms with E-state index in [4.69, 9.17) is 19.2 Å². The van der Waals surface area contributed by atoms with Crippen molar-refractivity contribution in [2.24, 2.45) is 0 Å². The van der Waals surface area contributed by atoms with E-state index < -0.39 is 5.97 Å². The SMILES string of the molecule is CNC(=O)COC(=O)c1c2c(nc3ccccc13)C(=Cc1ccc(OC)c(OC)c1)CC2. The van der Waals surface area contributed by atoms with Gasteiger partial charge >= 0.3 is 5.97 Å². The number of amides is 1. The van der Waals surface area contributed by atoms with Gasteiger partial charge < -0.3 is 19.5 Å². The zero-order valence-corrected chi connectivity index (χ0v) is 18.2. The minimum atomic E-state index is -0.518. The van der Waals surface area contributed by atoms with Crippen LogP contribution in [0, 0.1) is 0 Å². The number of ether oxygens (including phenoxy) is 3. The van der Waals surface area contributed by atoms with Gasteiger partial charge in [0.2, 0.25) is 0 Å². The smallest absolute Gasteiger partial charge is 0.339 e. The zero-order chi connectivity index (χ0) is 22.7. The van der Waals surface area contributed by atoms with Crippen molar-refractivity contribution in [3.8, 4) is 11.5 Å². The van der Waals surface area contributed by atoms with E-state index in [1.54, 1.807) is 14.2 Å². The average Bonchev–Trinajstić information content (AvgIpc) is 3.22. The maximum absolute atomic E-state index is 13.0. The molecular formula is C25H24N2O5. The van der Waals surface area contributed by atoms with Gasteiger partial charge in [-0.2, -0.15) is 0 Å². The molecule has 1 heterocycles. The molecule has 0 saturated heterocycles. The first-order valence-electron chi connectivity index (χ1n) is 10.3. The number of esters is 1. The molecule has 164 valence electrons. The fourth-order valence-electron chi connectivity index (χ4n) is 3.93. The highest BCUT2D eigenvalue weighted by Crippen LogP contribution is 2.38. The van der Waals surface area contributed by atoms with Crippen LogP contribution in [0.1, 0.15) is 33.6 Å². The Morgan fingerprint density at radius 2 is 1.84 bits per heavy atom. The Kier molecular flexibility index (Phi) is 6.07. The molecule has 0 saturated carbocycles. The van der Waals surface area contributed by atoms with Gasteiger partial charge in [-0.3, -0.25) is 4.79 Å². The fourth-order valence-corrected chi connectivity index (χ4v) is 3.93. The number of hydrogen-bond acceptors (Lipinski definition) is 6. The molecule has 0 atom stereocenters. The van der Waals surface area contributed by atoms with Crippen LogP contribution in [0.2, 0.25) is 0 Å². The number of benzene rings is 2. The normalized spacial score (nSPS) is 13.7. The number of nitrogens with one attached hydrogen (secondary N) is 1. The quantitative estimate of drug-likeness (QED) is 0.599. The van der Waals surface area contributed by atoms with E-state index in [1.807, 2.05) is 42.5 Å². The van der Waals surface area contributed by atoms with Crippen LogP contribution in [0.15, 0.2) is 42.5 Å². The number of carbonyl (C=O) groups is 2. The molecule has 3 aromatic rings. The van der Waals surface area contributed by atoms with Gasteiger partial charge in [-0.1, -0.05) is 24.3 Å². The number of allylic oxidation sites excluding steroid dienone is 1. The molecule has 7 heteroatoms. The largest absolute Gasteiger partial charge is 0.493 e. The number of hydrogen-bond donors (Lipinski definition) is 1. The summed E-state index contributed by atoms with van der Waals surface area (Å²) in [5, 5.41) is 3.18. The first-order valence-corrected chi connectivity index (χ1v) is 10.3. The number of likely N-dealkylation sites (N-methyl/N-ethyl adjacent to an activating group) is 1. The maximum Gasteiger partial charge on any atom is 0.339 e. The third-order valence-electron chi connectivity index (χ3n) is 5.51. The molecular weight excluding hydrogens is 408 g/mol. The summed E-state index contributed by atoms with van der Waals surface area (Å²) >= 11 is 0. The highest BCUT2D eigenvalue weighted by Gasteiger charge is 2.28. The molecule has 0 fully saturated rings. The van der Waals surface area contributed by atoms with E-state index in [1.165, 1.54) is 7.05 Å². The van der Waals surface area contributed by atoms with E-state index in [9.17, 15) is 9.59 Å². The van der Waals surface area contributed by atoms with E-state index in [2.05, 4.69) is 11.4 Å². The molecule has 1 amide bonds. The number of aromatic nitrogens is 1. The van der Waals surface area contributed by atoms with Crippen molar-refractivity contribution in [3.05, 3.63) is 64.8 Å². The number of para-hydroxylation sites is 1. The zero-order valence-electron chi connectivity index (χ0n) is 18.2. The summed E-state index contributed by atoms with van der Waals surface area (Å²) in [6.07, 6.45) is 3.45. The minimum absolute atomic E-state index is 0.324. The topological polar surface area (TPSA) is 86.8 Å². The third-order valence-corrected chi connectivity index (χ3v) is 5.51. The number of methoxy groups -OCH3 is 2. The number of rotatable bonds is 6. The summed E-state index contributed by atoms with van der Waals surface area (Å²) in [4.78, 5) is 29.4. The molecule has 2 aromatic carbocycles. The molecule has 1 N–H and O–H groups in total. The van der Waals surface area contributed by atoms with Crippen LogP contribution in [-0.4, -0.2) is 44.7 Å². The Morgan fingerprint density at radius 3 is 2.59 bits per heavy atom. The van der Waals surface area contributed by atoms with Gasteiger partial charge in [0.05, 0.1) is 31.0 Å². The van der Waals surface area contributed by atoms with Crippen molar-refractivity contribution in [2.75, 3.05) is 27.9 Å². The van der Waals surface area contributed by atoms with Crippen molar-refractivity contribution in [1.82, 2.24) is 10.3 Å². The molecule has 0 spiro atoms. The van der Waals surface area contributed by atoms with E-state index in [-0.39, 0.29) is 12.5 Å². The average molecular weight is 432 g/mol. The molecule has 0 aliphatic heterocycles. The summed E-state index contributed by atoms with van der Waals surface area (Å²) < 4.78 is 16.0. The molecule has 1 aromatic heterocycles. The van der Waals surface area contributed by atoms with Gasteiger partial charge in [0, 0.05) is 12.4 Å². The first kappa shape index (κ1) is 21.4. The van der Waals surface area contributed by atoms with Gasteiger partial charge in [-0.25, -0.2) is 9.78 Å². The van der Waals surface area contributed by atoms with Gasteiger partial charge in [0.25, 0.3) is 5.91 Å². The molecule has 7 nitrogen and oxygen atoms in total. The molecule has 32 heavy (non-hydrogen) atoms. The lowest BCUT2D eigenvalue weighted by molar-refractivity contribution is -0.123. The summed E-state index contributed by atoms with van der Waals surface area (Å²) in [6.45, 7) is -0.324. The van der Waals surface area contributed by atoms with E-state index in [0.717, 1.165) is 34.2 Å². The highest BCUT2D eigenvalue weighted by atomic mass is 16.5. The lowest BCUT2D eigenvalue weighted by Gasteiger charge is -2.12. The molecule has 4 rings (SSSR count). The summed E-state index contributed by atoms with van der Waals surface area (Å²) in [7, 11) is 4.70. The number of pyridine rings is 1. The second-order valence-corrected chi connectivity index (χ2v) is 7.36. The van der Waals surface area contributed by atoms with Crippen LogP contribution in [-0.2, 0) is 16.0 Å². The monoisotopic (exact) mass is 432 g/mol. The van der Waals surface area contributed by atoms with Crippen molar-refractivity contribution < 1.29 is 23.8 Å². The molecule has 0 radical (unpaired) electrons. The second-order valence-electron chi connectivity index (χ2n) is 7.36.